The fraction of sp³-hybridized carbons (Fsp3) is 0.111. The molecular weight excluding hydrogens is 251 g/mol. The van der Waals surface area contributed by atoms with E-state index < -0.39 is 17.8 Å². The monoisotopic (exact) mass is 257 g/mol. The zero-order valence-electron chi connectivity index (χ0n) is 8.72. The molecule has 2 heterocycles. The van der Waals surface area contributed by atoms with Crippen molar-refractivity contribution < 1.29 is 18.0 Å². The highest BCUT2D eigenvalue weighted by Gasteiger charge is 2.33. The van der Waals surface area contributed by atoms with Gasteiger partial charge < -0.3 is 5.73 Å². The molecule has 1 amide bonds. The largest absolute Gasteiger partial charge is 0.434 e. The molecule has 0 aromatic carbocycles. The van der Waals surface area contributed by atoms with Crippen LogP contribution in [0.1, 0.15) is 16.2 Å². The number of rotatable bonds is 2. The van der Waals surface area contributed by atoms with E-state index >= 15 is 0 Å². The van der Waals surface area contributed by atoms with Gasteiger partial charge in [0.25, 0.3) is 5.91 Å². The normalized spacial score (nSPS) is 11.5. The van der Waals surface area contributed by atoms with E-state index in [0.29, 0.717) is 6.20 Å². The van der Waals surface area contributed by atoms with Gasteiger partial charge in [0.15, 0.2) is 11.5 Å². The Morgan fingerprint density at radius 1 is 1.33 bits per heavy atom. The van der Waals surface area contributed by atoms with Crippen molar-refractivity contribution in [1.29, 1.82) is 0 Å². The molecule has 9 heteroatoms. The summed E-state index contributed by atoms with van der Waals surface area (Å²) in [7, 11) is 0. The summed E-state index contributed by atoms with van der Waals surface area (Å²) in [6, 6.07) is 1.27. The van der Waals surface area contributed by atoms with E-state index in [-0.39, 0.29) is 11.5 Å². The first-order chi connectivity index (χ1) is 8.38. The molecule has 0 fully saturated rings. The molecule has 94 valence electrons. The smallest absolute Gasteiger partial charge is 0.364 e. The lowest BCUT2D eigenvalue weighted by atomic mass is 10.4. The molecule has 0 saturated carbocycles. The van der Waals surface area contributed by atoms with Gasteiger partial charge in [0, 0.05) is 6.20 Å². The number of halogens is 3. The Hall–Kier alpha value is -2.45. The maximum Gasteiger partial charge on any atom is 0.434 e. The van der Waals surface area contributed by atoms with E-state index in [2.05, 4.69) is 15.1 Å². The van der Waals surface area contributed by atoms with Crippen molar-refractivity contribution in [2.24, 2.45) is 5.73 Å². The highest BCUT2D eigenvalue weighted by atomic mass is 19.4. The molecule has 0 aliphatic heterocycles. The zero-order chi connectivity index (χ0) is 13.3. The predicted molar refractivity (Wildman–Crippen MR) is 52.7 cm³/mol. The van der Waals surface area contributed by atoms with Gasteiger partial charge in [0.1, 0.15) is 5.69 Å². The first-order valence-electron chi connectivity index (χ1n) is 4.63. The van der Waals surface area contributed by atoms with Gasteiger partial charge in [-0.1, -0.05) is 0 Å². The van der Waals surface area contributed by atoms with Crippen molar-refractivity contribution >= 4 is 5.91 Å². The van der Waals surface area contributed by atoms with E-state index in [9.17, 15) is 18.0 Å². The molecule has 0 spiro atoms. The fourth-order valence-electron chi connectivity index (χ4n) is 1.19. The Labute approximate surface area is 98.3 Å². The van der Waals surface area contributed by atoms with E-state index in [0.717, 1.165) is 10.9 Å². The van der Waals surface area contributed by atoms with Gasteiger partial charge in [0.05, 0.1) is 12.4 Å². The summed E-state index contributed by atoms with van der Waals surface area (Å²) in [6.45, 7) is 0. The number of hydrogen-bond acceptors (Lipinski definition) is 4. The van der Waals surface area contributed by atoms with E-state index in [1.54, 1.807) is 0 Å². The predicted octanol–water partition coefficient (Wildman–Crippen LogP) is 0.780. The Balaban J connectivity index is 2.41. The molecule has 0 unspecified atom stereocenters. The maximum absolute atomic E-state index is 12.4. The molecule has 18 heavy (non-hydrogen) atoms. The van der Waals surface area contributed by atoms with Crippen LogP contribution >= 0.6 is 0 Å². The molecule has 0 aliphatic rings. The summed E-state index contributed by atoms with van der Waals surface area (Å²) in [5.41, 5.74) is 3.76. The Bertz CT molecular complexity index is 592. The van der Waals surface area contributed by atoms with Crippen molar-refractivity contribution in [3.8, 4) is 5.82 Å². The van der Waals surface area contributed by atoms with Crippen molar-refractivity contribution in [3.05, 3.63) is 36.0 Å². The van der Waals surface area contributed by atoms with E-state index in [1.165, 1.54) is 12.3 Å². The van der Waals surface area contributed by atoms with Crippen LogP contribution in [0.3, 0.4) is 0 Å². The highest BCUT2D eigenvalue weighted by molar-refractivity contribution is 5.90. The summed E-state index contributed by atoms with van der Waals surface area (Å²) < 4.78 is 38.2. The van der Waals surface area contributed by atoms with Gasteiger partial charge in [-0.05, 0) is 6.07 Å². The van der Waals surface area contributed by atoms with Crippen LogP contribution in [0, 0.1) is 0 Å². The number of hydrogen-bond donors (Lipinski definition) is 1. The SMILES string of the molecule is NC(=O)c1ccn(-c2cncc(C(F)(F)F)n2)n1. The number of nitrogens with two attached hydrogens (primary N) is 1. The quantitative estimate of drug-likeness (QED) is 0.861. The minimum absolute atomic E-state index is 0.0748. The van der Waals surface area contributed by atoms with Crippen LogP contribution in [-0.4, -0.2) is 25.7 Å². The second-order valence-corrected chi connectivity index (χ2v) is 3.27. The topological polar surface area (TPSA) is 86.7 Å². The second kappa shape index (κ2) is 4.09. The summed E-state index contributed by atoms with van der Waals surface area (Å²) in [5, 5.41) is 3.68. The second-order valence-electron chi connectivity index (χ2n) is 3.27. The average Bonchev–Trinajstić information content (AvgIpc) is 2.77. The van der Waals surface area contributed by atoms with Crippen LogP contribution in [0.15, 0.2) is 24.7 Å². The van der Waals surface area contributed by atoms with Crippen LogP contribution < -0.4 is 5.73 Å². The molecule has 2 rings (SSSR count). The van der Waals surface area contributed by atoms with Crippen LogP contribution in [0.4, 0.5) is 13.2 Å². The van der Waals surface area contributed by atoms with Crippen molar-refractivity contribution in [2.45, 2.75) is 6.18 Å². The minimum Gasteiger partial charge on any atom is -0.364 e. The Kier molecular flexibility index (Phi) is 2.73. The Morgan fingerprint density at radius 3 is 2.61 bits per heavy atom. The number of primary amides is 1. The van der Waals surface area contributed by atoms with Crippen LogP contribution in [0.2, 0.25) is 0 Å². The molecule has 0 bridgehead atoms. The third-order valence-electron chi connectivity index (χ3n) is 1.99. The number of carbonyl (C=O) groups excluding carboxylic acids is 1. The number of amides is 1. The van der Waals surface area contributed by atoms with Crippen molar-refractivity contribution in [2.75, 3.05) is 0 Å². The van der Waals surface area contributed by atoms with Gasteiger partial charge in [-0.25, -0.2) is 9.67 Å². The van der Waals surface area contributed by atoms with Crippen molar-refractivity contribution in [3.63, 3.8) is 0 Å². The standard InChI is InChI=1S/C9H6F3N5O/c10-9(11,12)6-3-14-4-7(15-6)17-2-1-5(16-17)8(13)18/h1-4H,(H2,13,18). The van der Waals surface area contributed by atoms with Gasteiger partial charge in [-0.3, -0.25) is 9.78 Å². The minimum atomic E-state index is -4.59. The summed E-state index contributed by atoms with van der Waals surface area (Å²) in [6.07, 6.45) is -1.64. The number of aromatic nitrogens is 4. The van der Waals surface area contributed by atoms with Gasteiger partial charge in [-0.2, -0.15) is 18.3 Å². The maximum atomic E-state index is 12.4. The van der Waals surface area contributed by atoms with E-state index in [1.807, 2.05) is 0 Å². The third kappa shape index (κ3) is 2.29. The first kappa shape index (κ1) is 12.0. The lowest BCUT2D eigenvalue weighted by Gasteiger charge is -2.06. The Morgan fingerprint density at radius 2 is 2.06 bits per heavy atom. The molecule has 2 aromatic heterocycles. The van der Waals surface area contributed by atoms with Crippen molar-refractivity contribution in [1.82, 2.24) is 19.7 Å². The number of alkyl halides is 3. The van der Waals surface area contributed by atoms with Gasteiger partial charge in [-0.15, -0.1) is 0 Å². The molecular formula is C9H6F3N5O. The summed E-state index contributed by atoms with van der Waals surface area (Å²) in [5.74, 6) is -0.939. The molecule has 0 aliphatic carbocycles. The molecule has 0 atom stereocenters. The van der Waals surface area contributed by atoms with Gasteiger partial charge in [0.2, 0.25) is 0 Å². The average molecular weight is 257 g/mol. The fourth-order valence-corrected chi connectivity index (χ4v) is 1.19. The van der Waals surface area contributed by atoms with Crippen LogP contribution in [0.5, 0.6) is 0 Å². The van der Waals surface area contributed by atoms with Crippen LogP contribution in [0.25, 0.3) is 5.82 Å². The molecule has 0 saturated heterocycles. The summed E-state index contributed by atoms with van der Waals surface area (Å²) >= 11 is 0. The number of carbonyl (C=O) groups is 1. The number of nitrogens with zero attached hydrogens (tertiary/aromatic N) is 4. The molecule has 0 radical (unpaired) electrons. The lowest BCUT2D eigenvalue weighted by molar-refractivity contribution is -0.141. The third-order valence-corrected chi connectivity index (χ3v) is 1.99. The van der Waals surface area contributed by atoms with Gasteiger partial charge >= 0.3 is 6.18 Å². The highest BCUT2D eigenvalue weighted by Crippen LogP contribution is 2.27. The molecule has 2 N–H and O–H groups in total. The van der Waals surface area contributed by atoms with E-state index in [4.69, 9.17) is 5.73 Å². The molecule has 6 nitrogen and oxygen atoms in total. The zero-order valence-corrected chi connectivity index (χ0v) is 8.72. The molecule has 2 aromatic rings. The van der Waals surface area contributed by atoms with Crippen LogP contribution in [-0.2, 0) is 6.18 Å². The first-order valence-corrected chi connectivity index (χ1v) is 4.63. The summed E-state index contributed by atoms with van der Waals surface area (Å²) in [4.78, 5) is 17.6. The lowest BCUT2D eigenvalue weighted by Crippen LogP contribution is -2.14.